The molecule has 0 radical (unpaired) electrons. The number of rotatable bonds is 2. The molecule has 0 atom stereocenters. The summed E-state index contributed by atoms with van der Waals surface area (Å²) in [5.74, 6) is 0.334. The molecular weight excluding hydrogens is 269 g/mol. The third-order valence-electron chi connectivity index (χ3n) is 3.38. The molecule has 0 aliphatic heterocycles. The Hall–Kier alpha value is -2.76. The lowest BCUT2D eigenvalue weighted by molar-refractivity contribution is 0.617. The van der Waals surface area contributed by atoms with Crippen molar-refractivity contribution in [2.24, 2.45) is 0 Å². The van der Waals surface area contributed by atoms with Crippen molar-refractivity contribution < 1.29 is 4.39 Å². The van der Waals surface area contributed by atoms with E-state index in [2.05, 4.69) is 15.5 Å². The second kappa shape index (κ2) is 4.97. The Labute approximate surface area is 121 Å². The summed E-state index contributed by atoms with van der Waals surface area (Å²) in [6.45, 7) is 3.63. The first kappa shape index (κ1) is 13.2. The van der Waals surface area contributed by atoms with Gasteiger partial charge >= 0.3 is 0 Å². The number of hydrogen-bond acceptors (Lipinski definition) is 4. The van der Waals surface area contributed by atoms with Crippen molar-refractivity contribution in [2.45, 2.75) is 13.8 Å². The molecule has 0 spiro atoms. The smallest absolute Gasteiger partial charge is 0.187 e. The van der Waals surface area contributed by atoms with Crippen molar-refractivity contribution in [3.63, 3.8) is 0 Å². The molecule has 106 valence electrons. The topological polar surface area (TPSA) is 69.6 Å². The van der Waals surface area contributed by atoms with Crippen LogP contribution in [0.3, 0.4) is 0 Å². The quantitative estimate of drug-likeness (QED) is 0.734. The SMILES string of the molecule is Cc1cc(-c2nnnn2-c2ccc(F)c(C)c2)ccc1N. The van der Waals surface area contributed by atoms with Gasteiger partial charge in [-0.2, -0.15) is 4.68 Å². The number of halogens is 1. The summed E-state index contributed by atoms with van der Waals surface area (Å²) in [5, 5.41) is 11.8. The monoisotopic (exact) mass is 283 g/mol. The van der Waals surface area contributed by atoms with Crippen LogP contribution in [0.2, 0.25) is 0 Å². The van der Waals surface area contributed by atoms with E-state index in [4.69, 9.17) is 5.73 Å². The van der Waals surface area contributed by atoms with Gasteiger partial charge in [-0.05, 0) is 71.8 Å². The maximum Gasteiger partial charge on any atom is 0.187 e. The molecule has 6 heteroatoms. The number of nitrogen functional groups attached to an aromatic ring is 1. The number of nitrogens with zero attached hydrogens (tertiary/aromatic N) is 4. The van der Waals surface area contributed by atoms with Gasteiger partial charge in [-0.25, -0.2) is 4.39 Å². The molecule has 0 bridgehead atoms. The van der Waals surface area contributed by atoms with Crippen LogP contribution in [0.1, 0.15) is 11.1 Å². The first-order valence-corrected chi connectivity index (χ1v) is 6.47. The van der Waals surface area contributed by atoms with E-state index >= 15 is 0 Å². The van der Waals surface area contributed by atoms with E-state index < -0.39 is 0 Å². The molecule has 0 aliphatic carbocycles. The van der Waals surface area contributed by atoms with Gasteiger partial charge in [0, 0.05) is 11.3 Å². The number of hydrogen-bond donors (Lipinski definition) is 1. The second-order valence-electron chi connectivity index (χ2n) is 4.92. The first-order chi connectivity index (χ1) is 10.1. The summed E-state index contributed by atoms with van der Waals surface area (Å²) in [6.07, 6.45) is 0. The van der Waals surface area contributed by atoms with Crippen LogP contribution < -0.4 is 5.73 Å². The third-order valence-corrected chi connectivity index (χ3v) is 3.38. The Balaban J connectivity index is 2.12. The van der Waals surface area contributed by atoms with Gasteiger partial charge in [0.1, 0.15) is 5.82 Å². The fraction of sp³-hybridized carbons (Fsp3) is 0.133. The van der Waals surface area contributed by atoms with Crippen LogP contribution in [0.15, 0.2) is 36.4 Å². The molecule has 0 saturated heterocycles. The maximum absolute atomic E-state index is 13.4. The molecule has 5 nitrogen and oxygen atoms in total. The lowest BCUT2D eigenvalue weighted by Gasteiger charge is -2.07. The van der Waals surface area contributed by atoms with Crippen LogP contribution in [0, 0.1) is 19.7 Å². The van der Waals surface area contributed by atoms with Gasteiger partial charge in [0.15, 0.2) is 5.82 Å². The molecule has 2 N–H and O–H groups in total. The molecule has 0 fully saturated rings. The standard InChI is InChI=1S/C15H14FN5/c1-9-8-12(4-5-13(9)16)21-15(18-19-20-21)11-3-6-14(17)10(2)7-11/h3-8H,17H2,1-2H3. The van der Waals surface area contributed by atoms with Gasteiger partial charge in [0.2, 0.25) is 0 Å². The molecule has 0 unspecified atom stereocenters. The maximum atomic E-state index is 13.4. The van der Waals surface area contributed by atoms with Crippen LogP contribution in [0.25, 0.3) is 17.1 Å². The van der Waals surface area contributed by atoms with Crippen LogP contribution in [-0.2, 0) is 0 Å². The number of anilines is 1. The number of nitrogens with two attached hydrogens (primary N) is 1. The second-order valence-corrected chi connectivity index (χ2v) is 4.92. The summed E-state index contributed by atoms with van der Waals surface area (Å²) in [5.41, 5.74) is 9.61. The summed E-state index contributed by atoms with van der Waals surface area (Å²) in [7, 11) is 0. The van der Waals surface area contributed by atoms with E-state index in [9.17, 15) is 4.39 Å². The molecule has 2 aromatic carbocycles. The number of aryl methyl sites for hydroxylation is 2. The van der Waals surface area contributed by atoms with Crippen LogP contribution >= 0.6 is 0 Å². The Bertz CT molecular complexity index is 744. The zero-order valence-electron chi connectivity index (χ0n) is 11.7. The third kappa shape index (κ3) is 2.35. The zero-order valence-corrected chi connectivity index (χ0v) is 11.7. The highest BCUT2D eigenvalue weighted by molar-refractivity contribution is 5.63. The van der Waals surface area contributed by atoms with Gasteiger partial charge < -0.3 is 5.73 Å². The van der Waals surface area contributed by atoms with Gasteiger partial charge in [0.25, 0.3) is 0 Å². The van der Waals surface area contributed by atoms with Crippen LogP contribution in [0.4, 0.5) is 10.1 Å². The number of tetrazole rings is 1. The highest BCUT2D eigenvalue weighted by Crippen LogP contribution is 2.23. The molecule has 21 heavy (non-hydrogen) atoms. The minimum absolute atomic E-state index is 0.253. The Kier molecular flexibility index (Phi) is 3.13. The normalized spacial score (nSPS) is 10.8. The van der Waals surface area contributed by atoms with Gasteiger partial charge in [-0.1, -0.05) is 0 Å². The number of benzene rings is 2. The summed E-state index contributed by atoms with van der Waals surface area (Å²) < 4.78 is 15.0. The molecular formula is C15H14FN5. The number of aromatic nitrogens is 4. The minimum Gasteiger partial charge on any atom is -0.399 e. The van der Waals surface area contributed by atoms with Crippen LogP contribution in [0.5, 0.6) is 0 Å². The van der Waals surface area contributed by atoms with Crippen molar-refractivity contribution in [2.75, 3.05) is 5.73 Å². The molecule has 0 aliphatic rings. The average molecular weight is 283 g/mol. The fourth-order valence-corrected chi connectivity index (χ4v) is 2.12. The predicted octanol–water partition coefficient (Wildman–Crippen LogP) is 2.67. The zero-order chi connectivity index (χ0) is 15.0. The average Bonchev–Trinajstić information content (AvgIpc) is 2.94. The van der Waals surface area contributed by atoms with E-state index in [0.29, 0.717) is 17.1 Å². The largest absolute Gasteiger partial charge is 0.399 e. The molecule has 1 aromatic heterocycles. The Morgan fingerprint density at radius 2 is 1.86 bits per heavy atom. The van der Waals surface area contributed by atoms with E-state index in [1.807, 2.05) is 25.1 Å². The first-order valence-electron chi connectivity index (χ1n) is 6.47. The molecule has 3 aromatic rings. The molecule has 1 heterocycles. The van der Waals surface area contributed by atoms with Gasteiger partial charge in [-0.3, -0.25) is 0 Å². The lowest BCUT2D eigenvalue weighted by Crippen LogP contribution is -2.01. The fourth-order valence-electron chi connectivity index (χ4n) is 2.12. The van der Waals surface area contributed by atoms with Crippen molar-refractivity contribution in [1.29, 1.82) is 0 Å². The Morgan fingerprint density at radius 1 is 1.05 bits per heavy atom. The van der Waals surface area contributed by atoms with Gasteiger partial charge in [0.05, 0.1) is 5.69 Å². The van der Waals surface area contributed by atoms with Crippen molar-refractivity contribution >= 4 is 5.69 Å². The van der Waals surface area contributed by atoms with Crippen molar-refractivity contribution in [1.82, 2.24) is 20.2 Å². The lowest BCUT2D eigenvalue weighted by atomic mass is 10.1. The summed E-state index contributed by atoms with van der Waals surface area (Å²) in [6, 6.07) is 10.4. The van der Waals surface area contributed by atoms with E-state index in [1.165, 1.54) is 6.07 Å². The van der Waals surface area contributed by atoms with Crippen LogP contribution in [-0.4, -0.2) is 20.2 Å². The van der Waals surface area contributed by atoms with E-state index in [0.717, 1.165) is 16.8 Å². The molecule has 0 amide bonds. The van der Waals surface area contributed by atoms with E-state index in [-0.39, 0.29) is 5.82 Å². The van der Waals surface area contributed by atoms with Crippen molar-refractivity contribution in [3.8, 4) is 17.1 Å². The molecule has 3 rings (SSSR count). The van der Waals surface area contributed by atoms with Crippen molar-refractivity contribution in [3.05, 3.63) is 53.3 Å². The minimum atomic E-state index is -0.253. The summed E-state index contributed by atoms with van der Waals surface area (Å²) in [4.78, 5) is 0. The Morgan fingerprint density at radius 3 is 2.57 bits per heavy atom. The van der Waals surface area contributed by atoms with E-state index in [1.54, 1.807) is 23.7 Å². The summed E-state index contributed by atoms with van der Waals surface area (Å²) >= 11 is 0. The predicted molar refractivity (Wildman–Crippen MR) is 78.4 cm³/mol. The molecule has 0 saturated carbocycles. The highest BCUT2D eigenvalue weighted by Gasteiger charge is 2.12. The van der Waals surface area contributed by atoms with Gasteiger partial charge in [-0.15, -0.1) is 5.10 Å². The highest BCUT2D eigenvalue weighted by atomic mass is 19.1.